The number of fused-ring (bicyclic) bond motifs is 1. The minimum absolute atomic E-state index is 0.463. The third-order valence-corrected chi connectivity index (χ3v) is 3.03. The Balaban J connectivity index is 1.98. The van der Waals surface area contributed by atoms with Gasteiger partial charge < -0.3 is 9.72 Å². The lowest BCUT2D eigenvalue weighted by Gasteiger charge is -2.07. The molecule has 1 fully saturated rings. The number of imidazole rings is 1. The van der Waals surface area contributed by atoms with Crippen LogP contribution in [0.3, 0.4) is 0 Å². The van der Waals surface area contributed by atoms with Crippen molar-refractivity contribution in [2.45, 2.75) is 38.6 Å². The lowest BCUT2D eigenvalue weighted by atomic mass is 10.2. The maximum absolute atomic E-state index is 4.47. The molecule has 0 atom stereocenters. The van der Waals surface area contributed by atoms with Gasteiger partial charge in [0.15, 0.2) is 0 Å². The molecule has 0 radical (unpaired) electrons. The quantitative estimate of drug-likeness (QED) is 0.852. The summed E-state index contributed by atoms with van der Waals surface area (Å²) in [5.41, 5.74) is 2.39. The minimum Gasteiger partial charge on any atom is -0.382 e. The number of aromatic nitrogens is 2. The summed E-state index contributed by atoms with van der Waals surface area (Å²) >= 11 is 0. The lowest BCUT2D eigenvalue weighted by molar-refractivity contribution is 0.770. The minimum atomic E-state index is 0.463. The zero-order valence-electron chi connectivity index (χ0n) is 9.77. The Morgan fingerprint density at radius 3 is 2.94 bits per heavy atom. The van der Waals surface area contributed by atoms with Gasteiger partial charge in [0.1, 0.15) is 5.82 Å². The van der Waals surface area contributed by atoms with Crippen molar-refractivity contribution in [1.82, 2.24) is 9.38 Å². The number of nitrogens with zero attached hydrogens (tertiary/aromatic N) is 2. The summed E-state index contributed by atoms with van der Waals surface area (Å²) in [5.74, 6) is 1.60. The second-order valence-corrected chi connectivity index (χ2v) is 4.90. The van der Waals surface area contributed by atoms with E-state index >= 15 is 0 Å². The molecule has 3 heteroatoms. The van der Waals surface area contributed by atoms with Crippen LogP contribution in [-0.2, 0) is 0 Å². The zero-order chi connectivity index (χ0) is 11.1. The largest absolute Gasteiger partial charge is 0.382 e. The summed E-state index contributed by atoms with van der Waals surface area (Å²) in [5, 5.41) is 3.51. The molecule has 84 valence electrons. The predicted molar refractivity (Wildman–Crippen MR) is 65.9 cm³/mol. The van der Waals surface area contributed by atoms with E-state index in [9.17, 15) is 0 Å². The van der Waals surface area contributed by atoms with Crippen molar-refractivity contribution in [3.05, 3.63) is 30.4 Å². The smallest absolute Gasteiger partial charge is 0.115 e. The Labute approximate surface area is 95.5 Å². The molecule has 0 unspecified atom stereocenters. The van der Waals surface area contributed by atoms with Crippen molar-refractivity contribution in [3.63, 3.8) is 0 Å². The van der Waals surface area contributed by atoms with Gasteiger partial charge in [-0.3, -0.25) is 0 Å². The molecule has 0 spiro atoms. The Morgan fingerprint density at radius 2 is 2.25 bits per heavy atom. The van der Waals surface area contributed by atoms with Crippen LogP contribution in [0, 0.1) is 0 Å². The number of hydrogen-bond acceptors (Lipinski definition) is 2. The lowest BCUT2D eigenvalue weighted by Crippen LogP contribution is -2.02. The van der Waals surface area contributed by atoms with Crippen molar-refractivity contribution in [1.29, 1.82) is 0 Å². The summed E-state index contributed by atoms with van der Waals surface area (Å²) in [7, 11) is 0. The van der Waals surface area contributed by atoms with Crippen LogP contribution in [0.15, 0.2) is 24.5 Å². The molecule has 0 aromatic carbocycles. The molecule has 2 aromatic heterocycles. The summed E-state index contributed by atoms with van der Waals surface area (Å²) < 4.78 is 2.17. The highest BCUT2D eigenvalue weighted by Gasteiger charge is 2.20. The van der Waals surface area contributed by atoms with Gasteiger partial charge >= 0.3 is 0 Å². The molecule has 1 N–H and O–H groups in total. The molecule has 0 saturated heterocycles. The van der Waals surface area contributed by atoms with Gasteiger partial charge in [0.05, 0.1) is 11.7 Å². The zero-order valence-corrected chi connectivity index (χ0v) is 9.77. The average molecular weight is 215 g/mol. The van der Waals surface area contributed by atoms with Crippen molar-refractivity contribution in [2.24, 2.45) is 0 Å². The molecule has 3 rings (SSSR count). The fourth-order valence-electron chi connectivity index (χ4n) is 2.00. The summed E-state index contributed by atoms with van der Waals surface area (Å²) in [6, 6.07) is 5.02. The summed E-state index contributed by atoms with van der Waals surface area (Å²) in [6.07, 6.45) is 6.68. The maximum atomic E-state index is 4.47. The van der Waals surface area contributed by atoms with Gasteiger partial charge in [-0.15, -0.1) is 0 Å². The first-order valence-electron chi connectivity index (χ1n) is 5.97. The Kier molecular flexibility index (Phi) is 2.13. The molecule has 1 saturated carbocycles. The Hall–Kier alpha value is -1.51. The van der Waals surface area contributed by atoms with Gasteiger partial charge in [-0.25, -0.2) is 4.98 Å². The van der Waals surface area contributed by atoms with Crippen molar-refractivity contribution in [3.8, 4) is 0 Å². The second kappa shape index (κ2) is 3.51. The first-order valence-corrected chi connectivity index (χ1v) is 5.97. The van der Waals surface area contributed by atoms with Crippen LogP contribution in [0.1, 0.15) is 38.4 Å². The van der Waals surface area contributed by atoms with Crippen LogP contribution >= 0.6 is 0 Å². The van der Waals surface area contributed by atoms with Crippen LogP contribution in [0.5, 0.6) is 0 Å². The third-order valence-electron chi connectivity index (χ3n) is 3.03. The highest BCUT2D eigenvalue weighted by molar-refractivity contribution is 5.59. The van der Waals surface area contributed by atoms with E-state index in [1.165, 1.54) is 24.0 Å². The van der Waals surface area contributed by atoms with Crippen LogP contribution in [-0.4, -0.2) is 15.4 Å². The summed E-state index contributed by atoms with van der Waals surface area (Å²) in [4.78, 5) is 4.47. The van der Waals surface area contributed by atoms with Crippen LogP contribution in [0.2, 0.25) is 0 Å². The maximum Gasteiger partial charge on any atom is 0.115 e. The molecule has 2 aromatic rings. The van der Waals surface area contributed by atoms with E-state index in [0.717, 1.165) is 5.82 Å². The first kappa shape index (κ1) is 9.70. The van der Waals surface area contributed by atoms with Gasteiger partial charge in [-0.05, 0) is 25.0 Å². The molecule has 16 heavy (non-hydrogen) atoms. The van der Waals surface area contributed by atoms with Crippen molar-refractivity contribution < 1.29 is 0 Å². The molecule has 0 aliphatic heterocycles. The van der Waals surface area contributed by atoms with Gasteiger partial charge in [0.2, 0.25) is 0 Å². The van der Waals surface area contributed by atoms with E-state index in [-0.39, 0.29) is 0 Å². The van der Waals surface area contributed by atoms with Crippen LogP contribution < -0.4 is 5.32 Å². The first-order chi connectivity index (χ1) is 7.74. The molecule has 0 bridgehead atoms. The number of anilines is 1. The molecule has 2 heterocycles. The van der Waals surface area contributed by atoms with E-state index in [4.69, 9.17) is 0 Å². The Bertz CT molecular complexity index is 509. The topological polar surface area (TPSA) is 29.3 Å². The van der Waals surface area contributed by atoms with Gasteiger partial charge in [-0.2, -0.15) is 0 Å². The van der Waals surface area contributed by atoms with Gasteiger partial charge in [0.25, 0.3) is 0 Å². The van der Waals surface area contributed by atoms with E-state index in [0.29, 0.717) is 12.0 Å². The SMILES string of the molecule is CC(C)c1ncc2cc(NC3CC3)ccn12. The third kappa shape index (κ3) is 1.66. The molecular formula is C13H17N3. The highest BCUT2D eigenvalue weighted by Crippen LogP contribution is 2.26. The van der Waals surface area contributed by atoms with Crippen LogP contribution in [0.25, 0.3) is 5.52 Å². The monoisotopic (exact) mass is 215 g/mol. The number of hydrogen-bond donors (Lipinski definition) is 1. The van der Waals surface area contributed by atoms with Gasteiger partial charge in [-0.1, -0.05) is 13.8 Å². The fourth-order valence-corrected chi connectivity index (χ4v) is 2.00. The van der Waals surface area contributed by atoms with E-state index in [1.54, 1.807) is 0 Å². The van der Waals surface area contributed by atoms with E-state index in [1.807, 2.05) is 6.20 Å². The number of nitrogens with one attached hydrogen (secondary N) is 1. The van der Waals surface area contributed by atoms with E-state index < -0.39 is 0 Å². The number of rotatable bonds is 3. The molecule has 1 aliphatic rings. The Morgan fingerprint density at radius 1 is 1.44 bits per heavy atom. The van der Waals surface area contributed by atoms with Crippen LogP contribution in [0.4, 0.5) is 5.69 Å². The molecule has 0 amide bonds. The number of pyridine rings is 1. The van der Waals surface area contributed by atoms with Gasteiger partial charge in [0, 0.05) is 23.8 Å². The highest BCUT2D eigenvalue weighted by atomic mass is 15.0. The fraction of sp³-hybridized carbons (Fsp3) is 0.462. The predicted octanol–water partition coefficient (Wildman–Crippen LogP) is 3.03. The molecule has 3 nitrogen and oxygen atoms in total. The second-order valence-electron chi connectivity index (χ2n) is 4.90. The van der Waals surface area contributed by atoms with Crippen molar-refractivity contribution in [2.75, 3.05) is 5.32 Å². The standard InChI is InChI=1S/C13H17N3/c1-9(2)13-14-8-12-7-11(5-6-16(12)13)15-10-3-4-10/h5-10,15H,3-4H2,1-2H3. The van der Waals surface area contributed by atoms with Crippen molar-refractivity contribution >= 4 is 11.2 Å². The molecule has 1 aliphatic carbocycles. The average Bonchev–Trinajstić information content (AvgIpc) is 2.96. The normalized spacial score (nSPS) is 15.9. The molecular weight excluding hydrogens is 198 g/mol. The van der Waals surface area contributed by atoms with E-state index in [2.05, 4.69) is 46.9 Å². The summed E-state index contributed by atoms with van der Waals surface area (Å²) in [6.45, 7) is 4.34.